The van der Waals surface area contributed by atoms with Crippen LogP contribution in [-0.4, -0.2) is 75.1 Å². The Hall–Kier alpha value is -2.85. The number of halogens is 1. The number of alkyl halides is 1. The first-order valence-corrected chi connectivity index (χ1v) is 11.2. The molecular weight excluding hydrogens is 449 g/mol. The van der Waals surface area contributed by atoms with Gasteiger partial charge >= 0.3 is 11.9 Å². The molecule has 1 aromatic carbocycles. The molecule has 10 heteroatoms. The first-order chi connectivity index (χ1) is 16.2. The van der Waals surface area contributed by atoms with Crippen molar-refractivity contribution in [2.24, 2.45) is 0 Å². The summed E-state index contributed by atoms with van der Waals surface area (Å²) in [6, 6.07) is 3.87. The van der Waals surface area contributed by atoms with Crippen molar-refractivity contribution >= 4 is 11.9 Å². The molecule has 9 nitrogen and oxygen atoms in total. The van der Waals surface area contributed by atoms with E-state index in [0.717, 1.165) is 37.1 Å². The third-order valence-electron chi connectivity index (χ3n) is 5.62. The monoisotopic (exact) mass is 483 g/mol. The van der Waals surface area contributed by atoms with Gasteiger partial charge in [0.25, 0.3) is 6.36 Å². The summed E-state index contributed by atoms with van der Waals surface area (Å²) >= 11 is 0. The highest BCUT2D eigenvalue weighted by molar-refractivity contribution is 5.73. The van der Waals surface area contributed by atoms with Crippen LogP contribution in [0.4, 0.5) is 4.39 Å². The van der Waals surface area contributed by atoms with Gasteiger partial charge in [0.1, 0.15) is 5.76 Å². The van der Waals surface area contributed by atoms with Gasteiger partial charge in [0.05, 0.1) is 14.2 Å². The molecule has 2 heterocycles. The molecule has 0 saturated heterocycles. The highest BCUT2D eigenvalue weighted by atomic mass is 19.1. The standard InChI is InChI=1S/C21H28FNO6.C3H6O2/c1-4-7-23-8-6-13-9-17-18(28-12-27-17)10-14(13)15(11-23)19(16(5-2)26-3)29-21(25)20(22)24;1-3(4)5-2/h5,9-10,15,19-20,24H,4,6-8,11-12H2,1-3H3;1-2H3/b16-5+;. The maximum atomic E-state index is 13.2. The summed E-state index contributed by atoms with van der Waals surface area (Å²) in [5.74, 6) is -0.191. The van der Waals surface area contributed by atoms with E-state index in [2.05, 4.69) is 16.6 Å². The molecule has 2 aliphatic heterocycles. The Kier molecular flexibility index (Phi) is 10.6. The molecular formula is C24H34FNO8. The molecule has 34 heavy (non-hydrogen) atoms. The van der Waals surface area contributed by atoms with Crippen LogP contribution < -0.4 is 9.47 Å². The van der Waals surface area contributed by atoms with Crippen LogP contribution in [0, 0.1) is 0 Å². The average Bonchev–Trinajstić information content (AvgIpc) is 3.20. The fourth-order valence-electron chi connectivity index (χ4n) is 4.00. The maximum Gasteiger partial charge on any atom is 0.369 e. The second kappa shape index (κ2) is 13.1. The number of carbonyl (C=O) groups excluding carboxylic acids is 2. The third kappa shape index (κ3) is 7.07. The van der Waals surface area contributed by atoms with Crippen LogP contribution in [-0.2, 0) is 30.2 Å². The van der Waals surface area contributed by atoms with Gasteiger partial charge in [-0.3, -0.25) is 4.79 Å². The summed E-state index contributed by atoms with van der Waals surface area (Å²) in [6.45, 7) is 7.68. The molecule has 0 bridgehead atoms. The summed E-state index contributed by atoms with van der Waals surface area (Å²) in [5.41, 5.74) is 2.00. The van der Waals surface area contributed by atoms with Gasteiger partial charge < -0.3 is 33.7 Å². The first kappa shape index (κ1) is 27.4. The molecule has 3 atom stereocenters. The Bertz CT molecular complexity index is 873. The Morgan fingerprint density at radius 1 is 1.26 bits per heavy atom. The van der Waals surface area contributed by atoms with Crippen LogP contribution in [0.5, 0.6) is 11.5 Å². The topological polar surface area (TPSA) is 104 Å². The predicted molar refractivity (Wildman–Crippen MR) is 121 cm³/mol. The molecule has 3 rings (SSSR count). The van der Waals surface area contributed by atoms with E-state index >= 15 is 0 Å². The van der Waals surface area contributed by atoms with Crippen molar-refractivity contribution in [1.29, 1.82) is 0 Å². The number of aliphatic hydroxyl groups excluding tert-OH is 1. The van der Waals surface area contributed by atoms with Crippen LogP contribution in [0.25, 0.3) is 0 Å². The molecule has 2 aliphatic rings. The highest BCUT2D eigenvalue weighted by Gasteiger charge is 2.37. The van der Waals surface area contributed by atoms with Crippen LogP contribution in [0.2, 0.25) is 0 Å². The number of nitrogens with zero attached hydrogens (tertiary/aromatic N) is 1. The van der Waals surface area contributed by atoms with E-state index in [1.165, 1.54) is 21.1 Å². The van der Waals surface area contributed by atoms with Gasteiger partial charge in [-0.25, -0.2) is 9.18 Å². The van der Waals surface area contributed by atoms with Crippen LogP contribution in [0.3, 0.4) is 0 Å². The smallest absolute Gasteiger partial charge is 0.369 e. The average molecular weight is 484 g/mol. The minimum atomic E-state index is -2.71. The molecule has 0 radical (unpaired) electrons. The third-order valence-corrected chi connectivity index (χ3v) is 5.62. The van der Waals surface area contributed by atoms with Gasteiger partial charge in [0, 0.05) is 25.9 Å². The van der Waals surface area contributed by atoms with E-state index in [0.29, 0.717) is 23.8 Å². The SMILES string of the molecule is C/C=C(/OC)C(OC(=O)C(O)F)C1CN(CCC)CCc2cc3c(cc21)OCO3.COC(C)=O. The number of hydrogen-bond acceptors (Lipinski definition) is 9. The second-order valence-corrected chi connectivity index (χ2v) is 7.85. The second-order valence-electron chi connectivity index (χ2n) is 7.85. The largest absolute Gasteiger partial charge is 0.497 e. The number of rotatable bonds is 7. The number of methoxy groups -OCH3 is 2. The van der Waals surface area contributed by atoms with Crippen molar-refractivity contribution in [2.75, 3.05) is 40.6 Å². The Labute approximate surface area is 199 Å². The lowest BCUT2D eigenvalue weighted by atomic mass is 9.87. The van der Waals surface area contributed by atoms with Gasteiger partial charge in [-0.2, -0.15) is 0 Å². The number of benzene rings is 1. The normalized spacial score (nSPS) is 19.0. The van der Waals surface area contributed by atoms with Gasteiger partial charge in [-0.1, -0.05) is 6.92 Å². The predicted octanol–water partition coefficient (Wildman–Crippen LogP) is 2.70. The van der Waals surface area contributed by atoms with Crippen molar-refractivity contribution in [2.45, 2.75) is 52.0 Å². The van der Waals surface area contributed by atoms with Gasteiger partial charge in [0.2, 0.25) is 6.79 Å². The van der Waals surface area contributed by atoms with Crippen molar-refractivity contribution < 1.29 is 42.8 Å². The number of fused-ring (bicyclic) bond motifs is 2. The summed E-state index contributed by atoms with van der Waals surface area (Å²) in [6.07, 6.45) is -0.141. The lowest BCUT2D eigenvalue weighted by molar-refractivity contribution is -0.169. The summed E-state index contributed by atoms with van der Waals surface area (Å²) in [5, 5.41) is 9.06. The van der Waals surface area contributed by atoms with Crippen molar-refractivity contribution in [3.05, 3.63) is 35.1 Å². The van der Waals surface area contributed by atoms with E-state index in [-0.39, 0.29) is 18.7 Å². The Morgan fingerprint density at radius 2 is 1.91 bits per heavy atom. The fourth-order valence-corrected chi connectivity index (χ4v) is 4.00. The molecule has 0 amide bonds. The first-order valence-electron chi connectivity index (χ1n) is 11.2. The summed E-state index contributed by atoms with van der Waals surface area (Å²) in [4.78, 5) is 23.8. The van der Waals surface area contributed by atoms with E-state index in [1.54, 1.807) is 13.0 Å². The summed E-state index contributed by atoms with van der Waals surface area (Å²) < 4.78 is 39.2. The molecule has 1 N–H and O–H groups in total. The minimum absolute atomic E-state index is 0.162. The molecule has 0 saturated carbocycles. The quantitative estimate of drug-likeness (QED) is 0.463. The molecule has 190 valence electrons. The van der Waals surface area contributed by atoms with Crippen LogP contribution >= 0.6 is 0 Å². The van der Waals surface area contributed by atoms with Gasteiger partial charge in [-0.15, -0.1) is 0 Å². The number of esters is 2. The van der Waals surface area contributed by atoms with Gasteiger partial charge in [0.15, 0.2) is 17.6 Å². The maximum absolute atomic E-state index is 13.2. The lowest BCUT2D eigenvalue weighted by Gasteiger charge is -2.31. The highest BCUT2D eigenvalue weighted by Crippen LogP contribution is 2.41. The molecule has 0 spiro atoms. The molecule has 0 aromatic heterocycles. The molecule has 0 fully saturated rings. The lowest BCUT2D eigenvalue weighted by Crippen LogP contribution is -2.38. The number of allylic oxidation sites excluding steroid dienone is 1. The van der Waals surface area contributed by atoms with Crippen molar-refractivity contribution in [1.82, 2.24) is 4.90 Å². The van der Waals surface area contributed by atoms with Crippen molar-refractivity contribution in [3.8, 4) is 11.5 Å². The Balaban J connectivity index is 0.000000739. The number of carbonyl (C=O) groups is 2. The van der Waals surface area contributed by atoms with E-state index in [4.69, 9.17) is 24.1 Å². The van der Waals surface area contributed by atoms with E-state index in [9.17, 15) is 14.0 Å². The molecule has 0 aliphatic carbocycles. The van der Waals surface area contributed by atoms with E-state index < -0.39 is 18.4 Å². The van der Waals surface area contributed by atoms with Gasteiger partial charge in [-0.05, 0) is 55.6 Å². The Morgan fingerprint density at radius 3 is 2.44 bits per heavy atom. The molecule has 1 aromatic rings. The fraction of sp³-hybridized carbons (Fsp3) is 0.583. The zero-order chi connectivity index (χ0) is 25.3. The van der Waals surface area contributed by atoms with Crippen LogP contribution in [0.1, 0.15) is 44.2 Å². The van der Waals surface area contributed by atoms with E-state index in [1.807, 2.05) is 12.1 Å². The number of ether oxygens (including phenoxy) is 5. The summed E-state index contributed by atoms with van der Waals surface area (Å²) in [7, 11) is 2.82. The zero-order valence-electron chi connectivity index (χ0n) is 20.3. The minimum Gasteiger partial charge on any atom is -0.497 e. The number of hydrogen-bond donors (Lipinski definition) is 1. The number of aliphatic hydroxyl groups is 1. The zero-order valence-corrected chi connectivity index (χ0v) is 20.3. The molecule has 3 unspecified atom stereocenters. The van der Waals surface area contributed by atoms with Crippen molar-refractivity contribution in [3.63, 3.8) is 0 Å². The van der Waals surface area contributed by atoms with Crippen LogP contribution in [0.15, 0.2) is 24.0 Å².